The minimum atomic E-state index is -0.424. The number of hydrogen-bond acceptors (Lipinski definition) is 4. The molecule has 6 nitrogen and oxygen atoms in total. The summed E-state index contributed by atoms with van der Waals surface area (Å²) in [6.45, 7) is 3.12. The smallest absolute Gasteiger partial charge is 0.312 e. The third-order valence-electron chi connectivity index (χ3n) is 6.38. The quantitative estimate of drug-likeness (QED) is 0.662. The SMILES string of the molecule is O=C(C(=O)N1CCN(C(=O)c2cc3c(s2)-c2ccccc2CC3)CC1)N1CCCC1. The number of nitrogens with zero attached hydrogens (tertiary/aromatic N) is 3. The monoisotopic (exact) mass is 423 g/mol. The number of amides is 3. The van der Waals surface area contributed by atoms with Gasteiger partial charge in [0.2, 0.25) is 0 Å². The van der Waals surface area contributed by atoms with Crippen molar-refractivity contribution in [2.75, 3.05) is 39.3 Å². The molecule has 3 heterocycles. The number of carbonyl (C=O) groups excluding carboxylic acids is 3. The summed E-state index contributed by atoms with van der Waals surface area (Å²) in [4.78, 5) is 45.0. The lowest BCUT2D eigenvalue weighted by molar-refractivity contribution is -0.152. The first-order chi connectivity index (χ1) is 14.6. The molecule has 0 N–H and O–H groups in total. The van der Waals surface area contributed by atoms with E-state index in [1.807, 2.05) is 11.0 Å². The lowest BCUT2D eigenvalue weighted by Crippen LogP contribution is -2.54. The van der Waals surface area contributed by atoms with Crippen molar-refractivity contribution in [2.24, 2.45) is 0 Å². The Morgan fingerprint density at radius 3 is 2.07 bits per heavy atom. The predicted octanol–water partition coefficient (Wildman–Crippen LogP) is 2.42. The molecule has 0 unspecified atom stereocenters. The Morgan fingerprint density at radius 1 is 0.733 bits per heavy atom. The van der Waals surface area contributed by atoms with Gasteiger partial charge in [-0.15, -0.1) is 11.3 Å². The van der Waals surface area contributed by atoms with Gasteiger partial charge in [-0.2, -0.15) is 0 Å². The van der Waals surface area contributed by atoms with Crippen LogP contribution in [0.15, 0.2) is 30.3 Å². The molecule has 2 aliphatic heterocycles. The van der Waals surface area contributed by atoms with E-state index >= 15 is 0 Å². The van der Waals surface area contributed by atoms with Crippen molar-refractivity contribution >= 4 is 29.1 Å². The second-order valence-corrected chi connectivity index (χ2v) is 9.26. The third-order valence-corrected chi connectivity index (χ3v) is 7.57. The number of piperazine rings is 1. The molecule has 0 radical (unpaired) electrons. The number of thiophene rings is 1. The van der Waals surface area contributed by atoms with Crippen molar-refractivity contribution in [1.29, 1.82) is 0 Å². The van der Waals surface area contributed by atoms with Crippen molar-refractivity contribution in [3.05, 3.63) is 46.3 Å². The molecular formula is C23H25N3O3S. The Hall–Kier alpha value is -2.67. The highest BCUT2D eigenvalue weighted by Gasteiger charge is 2.32. The Balaban J connectivity index is 1.24. The molecule has 0 bridgehead atoms. The average molecular weight is 424 g/mol. The number of benzene rings is 1. The molecule has 3 amide bonds. The van der Waals surface area contributed by atoms with Gasteiger partial charge in [-0.1, -0.05) is 24.3 Å². The molecule has 3 aliphatic rings. The van der Waals surface area contributed by atoms with Crippen LogP contribution in [-0.4, -0.2) is 71.7 Å². The minimum Gasteiger partial charge on any atom is -0.334 e. The average Bonchev–Trinajstić information content (AvgIpc) is 3.48. The fourth-order valence-electron chi connectivity index (χ4n) is 4.64. The Bertz CT molecular complexity index is 1000. The molecule has 30 heavy (non-hydrogen) atoms. The van der Waals surface area contributed by atoms with Gasteiger partial charge in [0.1, 0.15) is 0 Å². The molecule has 1 aliphatic carbocycles. The summed E-state index contributed by atoms with van der Waals surface area (Å²) in [7, 11) is 0. The first kappa shape index (κ1) is 19.3. The van der Waals surface area contributed by atoms with E-state index in [0.717, 1.165) is 30.6 Å². The molecule has 0 saturated carbocycles. The van der Waals surface area contributed by atoms with E-state index in [-0.39, 0.29) is 5.91 Å². The Morgan fingerprint density at radius 2 is 1.33 bits per heavy atom. The van der Waals surface area contributed by atoms with E-state index in [2.05, 4.69) is 24.3 Å². The van der Waals surface area contributed by atoms with E-state index in [9.17, 15) is 14.4 Å². The van der Waals surface area contributed by atoms with E-state index in [1.165, 1.54) is 21.6 Å². The van der Waals surface area contributed by atoms with Crippen LogP contribution in [0, 0.1) is 0 Å². The summed E-state index contributed by atoms with van der Waals surface area (Å²) in [5, 5.41) is 0. The summed E-state index contributed by atoms with van der Waals surface area (Å²) in [5.41, 5.74) is 3.85. The molecule has 2 aromatic rings. The number of fused-ring (bicyclic) bond motifs is 3. The van der Waals surface area contributed by atoms with Gasteiger partial charge in [-0.25, -0.2) is 0 Å². The van der Waals surface area contributed by atoms with Gasteiger partial charge in [-0.05, 0) is 48.4 Å². The highest BCUT2D eigenvalue weighted by atomic mass is 32.1. The van der Waals surface area contributed by atoms with Crippen LogP contribution in [0.25, 0.3) is 10.4 Å². The van der Waals surface area contributed by atoms with Crippen LogP contribution in [0.3, 0.4) is 0 Å². The summed E-state index contributed by atoms with van der Waals surface area (Å²) in [6.07, 6.45) is 3.92. The first-order valence-electron chi connectivity index (χ1n) is 10.7. The second kappa shape index (κ2) is 7.87. The highest BCUT2D eigenvalue weighted by molar-refractivity contribution is 7.17. The van der Waals surface area contributed by atoms with Crippen LogP contribution >= 0.6 is 11.3 Å². The van der Waals surface area contributed by atoms with E-state index < -0.39 is 11.8 Å². The summed E-state index contributed by atoms with van der Waals surface area (Å²) < 4.78 is 0. The zero-order valence-electron chi connectivity index (χ0n) is 16.9. The number of likely N-dealkylation sites (tertiary alicyclic amines) is 1. The van der Waals surface area contributed by atoms with Crippen LogP contribution in [-0.2, 0) is 22.4 Å². The summed E-state index contributed by atoms with van der Waals surface area (Å²) in [6, 6.07) is 10.5. The lowest BCUT2D eigenvalue weighted by Gasteiger charge is -2.34. The molecule has 7 heteroatoms. The Labute approximate surface area is 180 Å². The van der Waals surface area contributed by atoms with E-state index in [0.29, 0.717) is 39.3 Å². The van der Waals surface area contributed by atoms with Gasteiger partial charge in [0.25, 0.3) is 5.91 Å². The third kappa shape index (κ3) is 3.41. The number of hydrogen-bond donors (Lipinski definition) is 0. The lowest BCUT2D eigenvalue weighted by atomic mass is 9.91. The fraction of sp³-hybridized carbons (Fsp3) is 0.435. The molecule has 2 fully saturated rings. The summed E-state index contributed by atoms with van der Waals surface area (Å²) in [5.74, 6) is -0.783. The maximum Gasteiger partial charge on any atom is 0.312 e. The molecule has 5 rings (SSSR count). The van der Waals surface area contributed by atoms with Crippen LogP contribution in [0.4, 0.5) is 0 Å². The van der Waals surface area contributed by atoms with Crippen molar-refractivity contribution in [2.45, 2.75) is 25.7 Å². The van der Waals surface area contributed by atoms with E-state index in [1.54, 1.807) is 21.1 Å². The van der Waals surface area contributed by atoms with Crippen molar-refractivity contribution < 1.29 is 14.4 Å². The van der Waals surface area contributed by atoms with Gasteiger partial charge in [0.15, 0.2) is 0 Å². The normalized spacial score (nSPS) is 18.2. The largest absolute Gasteiger partial charge is 0.334 e. The van der Waals surface area contributed by atoms with Crippen LogP contribution in [0.2, 0.25) is 0 Å². The molecule has 1 aromatic heterocycles. The Kier molecular flexibility index (Phi) is 5.06. The molecule has 0 spiro atoms. The zero-order chi connectivity index (χ0) is 20.7. The van der Waals surface area contributed by atoms with Crippen molar-refractivity contribution in [3.63, 3.8) is 0 Å². The first-order valence-corrected chi connectivity index (χ1v) is 11.5. The maximum atomic E-state index is 13.1. The van der Waals surface area contributed by atoms with Gasteiger partial charge >= 0.3 is 11.8 Å². The molecular weight excluding hydrogens is 398 g/mol. The van der Waals surface area contributed by atoms with Crippen LogP contribution < -0.4 is 0 Å². The summed E-state index contributed by atoms with van der Waals surface area (Å²) >= 11 is 1.58. The zero-order valence-corrected chi connectivity index (χ0v) is 17.7. The standard InChI is InChI=1S/C23H25N3O3S/c27-21(19-15-17-8-7-16-5-1-2-6-18(16)20(17)30-19)25-11-13-26(14-12-25)23(29)22(28)24-9-3-4-10-24/h1-2,5-6,15H,3-4,7-14H2. The molecule has 0 atom stereocenters. The van der Waals surface area contributed by atoms with E-state index in [4.69, 9.17) is 0 Å². The minimum absolute atomic E-state index is 0.0323. The topological polar surface area (TPSA) is 60.9 Å². The predicted molar refractivity (Wildman–Crippen MR) is 115 cm³/mol. The highest BCUT2D eigenvalue weighted by Crippen LogP contribution is 2.39. The van der Waals surface area contributed by atoms with Crippen LogP contribution in [0.1, 0.15) is 33.6 Å². The molecule has 156 valence electrons. The number of carbonyl (C=O) groups is 3. The van der Waals surface area contributed by atoms with Crippen molar-refractivity contribution in [3.8, 4) is 10.4 Å². The second-order valence-electron chi connectivity index (χ2n) is 8.21. The fourth-order valence-corrected chi connectivity index (χ4v) is 5.87. The molecule has 2 saturated heterocycles. The van der Waals surface area contributed by atoms with Crippen molar-refractivity contribution in [1.82, 2.24) is 14.7 Å². The van der Waals surface area contributed by atoms with Gasteiger partial charge in [-0.3, -0.25) is 14.4 Å². The van der Waals surface area contributed by atoms with Crippen LogP contribution in [0.5, 0.6) is 0 Å². The molecule has 1 aromatic carbocycles. The maximum absolute atomic E-state index is 13.1. The van der Waals surface area contributed by atoms with Gasteiger partial charge in [0, 0.05) is 44.1 Å². The number of aryl methyl sites for hydroxylation is 2. The van der Waals surface area contributed by atoms with Gasteiger partial charge < -0.3 is 14.7 Å². The van der Waals surface area contributed by atoms with Gasteiger partial charge in [0.05, 0.1) is 4.88 Å². The number of rotatable bonds is 1.